The highest BCUT2D eigenvalue weighted by atomic mass is 35.5. The van der Waals surface area contributed by atoms with E-state index in [-0.39, 0.29) is 30.6 Å². The molecule has 3 rings (SSSR count). The van der Waals surface area contributed by atoms with Crippen molar-refractivity contribution < 1.29 is 14.0 Å². The van der Waals surface area contributed by atoms with Crippen molar-refractivity contribution in [2.45, 2.75) is 45.2 Å². The van der Waals surface area contributed by atoms with E-state index in [1.807, 2.05) is 42.5 Å². The Hall–Kier alpha value is -3.18. The minimum absolute atomic E-state index is 0.0639. The van der Waals surface area contributed by atoms with Gasteiger partial charge in [0.1, 0.15) is 11.9 Å². The zero-order valence-electron chi connectivity index (χ0n) is 19.3. The first-order chi connectivity index (χ1) is 16.5. The van der Waals surface area contributed by atoms with Gasteiger partial charge in [-0.2, -0.15) is 0 Å². The van der Waals surface area contributed by atoms with E-state index >= 15 is 0 Å². The molecule has 0 saturated heterocycles. The van der Waals surface area contributed by atoms with Gasteiger partial charge in [-0.25, -0.2) is 4.39 Å². The third kappa shape index (κ3) is 7.70. The Morgan fingerprint density at radius 1 is 0.941 bits per heavy atom. The number of nitrogens with zero attached hydrogens (tertiary/aromatic N) is 1. The second-order valence-corrected chi connectivity index (χ2v) is 8.74. The van der Waals surface area contributed by atoms with Gasteiger partial charge in [-0.3, -0.25) is 9.59 Å². The largest absolute Gasteiger partial charge is 0.354 e. The van der Waals surface area contributed by atoms with Crippen molar-refractivity contribution in [1.82, 2.24) is 10.2 Å². The average Bonchev–Trinajstić information content (AvgIpc) is 2.83. The molecule has 0 aliphatic heterocycles. The Morgan fingerprint density at radius 3 is 2.32 bits per heavy atom. The van der Waals surface area contributed by atoms with Crippen molar-refractivity contribution >= 4 is 23.4 Å². The summed E-state index contributed by atoms with van der Waals surface area (Å²) in [4.78, 5) is 28.5. The van der Waals surface area contributed by atoms with E-state index in [1.54, 1.807) is 29.2 Å². The number of halogens is 2. The quantitative estimate of drug-likeness (QED) is 0.364. The number of amides is 2. The summed E-state index contributed by atoms with van der Waals surface area (Å²) in [7, 11) is 0. The summed E-state index contributed by atoms with van der Waals surface area (Å²) in [5.41, 5.74) is 2.48. The number of hydrogen-bond donors (Lipinski definition) is 1. The zero-order valence-corrected chi connectivity index (χ0v) is 20.1. The number of hydrogen-bond acceptors (Lipinski definition) is 2. The van der Waals surface area contributed by atoms with Gasteiger partial charge in [-0.15, -0.1) is 0 Å². The lowest BCUT2D eigenvalue weighted by Gasteiger charge is -2.32. The molecule has 0 radical (unpaired) electrons. The smallest absolute Gasteiger partial charge is 0.243 e. The minimum atomic E-state index is -0.703. The predicted molar refractivity (Wildman–Crippen MR) is 134 cm³/mol. The van der Waals surface area contributed by atoms with Crippen LogP contribution in [0.2, 0.25) is 5.02 Å². The topological polar surface area (TPSA) is 49.4 Å². The van der Waals surface area contributed by atoms with Crippen LogP contribution in [-0.2, 0) is 29.0 Å². The van der Waals surface area contributed by atoms with Crippen LogP contribution in [0.1, 0.15) is 36.5 Å². The molecule has 0 unspecified atom stereocenters. The van der Waals surface area contributed by atoms with Gasteiger partial charge in [-0.05, 0) is 47.4 Å². The van der Waals surface area contributed by atoms with Crippen LogP contribution in [0.25, 0.3) is 0 Å². The molecule has 6 heteroatoms. The van der Waals surface area contributed by atoms with Gasteiger partial charge in [0.25, 0.3) is 0 Å². The molecule has 4 nitrogen and oxygen atoms in total. The van der Waals surface area contributed by atoms with E-state index in [0.717, 1.165) is 24.0 Å². The highest BCUT2D eigenvalue weighted by molar-refractivity contribution is 6.30. The Bertz CT molecular complexity index is 1070. The third-order valence-electron chi connectivity index (χ3n) is 5.61. The van der Waals surface area contributed by atoms with Crippen LogP contribution >= 0.6 is 11.6 Å². The summed E-state index contributed by atoms with van der Waals surface area (Å²) in [5, 5.41) is 3.56. The van der Waals surface area contributed by atoms with Gasteiger partial charge in [0.2, 0.25) is 11.8 Å². The summed E-state index contributed by atoms with van der Waals surface area (Å²) in [6, 6.07) is 22.1. The second-order valence-electron chi connectivity index (χ2n) is 8.30. The summed E-state index contributed by atoms with van der Waals surface area (Å²) in [5.74, 6) is -0.755. The van der Waals surface area contributed by atoms with E-state index in [4.69, 9.17) is 11.6 Å². The summed E-state index contributed by atoms with van der Waals surface area (Å²) in [6.45, 7) is 2.85. The maximum absolute atomic E-state index is 13.6. The highest BCUT2D eigenvalue weighted by Crippen LogP contribution is 2.19. The number of carbonyl (C=O) groups excluding carboxylic acids is 2. The number of carbonyl (C=O) groups is 2. The van der Waals surface area contributed by atoms with E-state index < -0.39 is 6.04 Å². The van der Waals surface area contributed by atoms with E-state index in [0.29, 0.717) is 23.6 Å². The monoisotopic (exact) mass is 480 g/mol. The maximum atomic E-state index is 13.6. The van der Waals surface area contributed by atoms with Gasteiger partial charge in [0.05, 0.1) is 6.42 Å². The molecule has 0 saturated carbocycles. The molecule has 1 N–H and O–H groups in total. The first-order valence-electron chi connectivity index (χ1n) is 11.6. The van der Waals surface area contributed by atoms with Crippen molar-refractivity contribution in [2.75, 3.05) is 6.54 Å². The van der Waals surface area contributed by atoms with Crippen molar-refractivity contribution in [2.24, 2.45) is 0 Å². The Balaban J connectivity index is 1.93. The van der Waals surface area contributed by atoms with Crippen molar-refractivity contribution in [1.29, 1.82) is 0 Å². The predicted octanol–water partition coefficient (Wildman–Crippen LogP) is 5.58. The molecule has 0 aliphatic rings. The standard InChI is InChI=1S/C28H30ClFN2O2/c1-2-3-16-31-28(34)26(18-21-8-5-4-6-9-21)32(20-23-10-7-11-24(29)17-23)27(33)19-22-12-14-25(30)15-13-22/h4-15,17,26H,2-3,16,18-20H2,1H3,(H,31,34)/t26-/m0/s1. The lowest BCUT2D eigenvalue weighted by Crippen LogP contribution is -2.51. The summed E-state index contributed by atoms with van der Waals surface area (Å²) in [6.07, 6.45) is 2.27. The van der Waals surface area contributed by atoms with Crippen LogP contribution in [-0.4, -0.2) is 29.3 Å². The van der Waals surface area contributed by atoms with Crippen LogP contribution in [0, 0.1) is 5.82 Å². The fourth-order valence-corrected chi connectivity index (χ4v) is 3.98. The normalized spacial score (nSPS) is 11.6. The molecular formula is C28H30ClFN2O2. The fourth-order valence-electron chi connectivity index (χ4n) is 3.77. The molecule has 34 heavy (non-hydrogen) atoms. The van der Waals surface area contributed by atoms with Gasteiger partial charge in [0, 0.05) is 24.5 Å². The SMILES string of the molecule is CCCCNC(=O)[C@H](Cc1ccccc1)N(Cc1cccc(Cl)c1)C(=O)Cc1ccc(F)cc1. The lowest BCUT2D eigenvalue weighted by atomic mass is 10.0. The van der Waals surface area contributed by atoms with Gasteiger partial charge in [-0.1, -0.05) is 79.5 Å². The fraction of sp³-hybridized carbons (Fsp3) is 0.286. The molecular weight excluding hydrogens is 451 g/mol. The molecule has 0 heterocycles. The van der Waals surface area contributed by atoms with Crippen molar-refractivity contribution in [3.63, 3.8) is 0 Å². The zero-order chi connectivity index (χ0) is 24.3. The average molecular weight is 481 g/mol. The highest BCUT2D eigenvalue weighted by Gasteiger charge is 2.30. The number of unbranched alkanes of at least 4 members (excludes halogenated alkanes) is 1. The second kappa shape index (κ2) is 12.9. The van der Waals surface area contributed by atoms with Crippen LogP contribution < -0.4 is 5.32 Å². The van der Waals surface area contributed by atoms with E-state index in [1.165, 1.54) is 12.1 Å². The molecule has 0 aromatic heterocycles. The first kappa shape index (κ1) is 25.4. The molecule has 178 valence electrons. The molecule has 0 spiro atoms. The van der Waals surface area contributed by atoms with Crippen molar-refractivity contribution in [3.8, 4) is 0 Å². The summed E-state index contributed by atoms with van der Waals surface area (Å²) < 4.78 is 13.4. The molecule has 0 bridgehead atoms. The number of rotatable bonds is 11. The van der Waals surface area contributed by atoms with Gasteiger partial charge < -0.3 is 10.2 Å². The van der Waals surface area contributed by atoms with Crippen LogP contribution in [0.15, 0.2) is 78.9 Å². The van der Waals surface area contributed by atoms with Crippen LogP contribution in [0.3, 0.4) is 0 Å². The Labute approximate surface area is 205 Å². The molecule has 3 aromatic rings. The van der Waals surface area contributed by atoms with Gasteiger partial charge >= 0.3 is 0 Å². The molecule has 1 atom stereocenters. The molecule has 2 amide bonds. The van der Waals surface area contributed by atoms with Gasteiger partial charge in [0.15, 0.2) is 0 Å². The van der Waals surface area contributed by atoms with E-state index in [2.05, 4.69) is 12.2 Å². The third-order valence-corrected chi connectivity index (χ3v) is 5.85. The number of benzene rings is 3. The summed E-state index contributed by atoms with van der Waals surface area (Å²) >= 11 is 6.19. The minimum Gasteiger partial charge on any atom is -0.354 e. The van der Waals surface area contributed by atoms with Crippen LogP contribution in [0.5, 0.6) is 0 Å². The van der Waals surface area contributed by atoms with E-state index in [9.17, 15) is 14.0 Å². The molecule has 0 fully saturated rings. The van der Waals surface area contributed by atoms with Crippen LogP contribution in [0.4, 0.5) is 4.39 Å². The Kier molecular flexibility index (Phi) is 9.65. The lowest BCUT2D eigenvalue weighted by molar-refractivity contribution is -0.140. The first-order valence-corrected chi connectivity index (χ1v) is 11.9. The molecule has 0 aliphatic carbocycles. The molecule has 3 aromatic carbocycles. The number of nitrogens with one attached hydrogen (secondary N) is 1. The maximum Gasteiger partial charge on any atom is 0.243 e. The Morgan fingerprint density at radius 2 is 1.65 bits per heavy atom. The van der Waals surface area contributed by atoms with Crippen molar-refractivity contribution in [3.05, 3.63) is 106 Å².